The Labute approximate surface area is 216 Å². The molecular formula is C26H22BrCl2N3O2. The van der Waals surface area contributed by atoms with Crippen molar-refractivity contribution < 1.29 is 4.74 Å². The van der Waals surface area contributed by atoms with Crippen LogP contribution in [0.3, 0.4) is 0 Å². The second-order valence-corrected chi connectivity index (χ2v) is 9.67. The first-order valence-electron chi connectivity index (χ1n) is 10.8. The van der Waals surface area contributed by atoms with Crippen LogP contribution in [0, 0.1) is 0 Å². The van der Waals surface area contributed by atoms with Gasteiger partial charge in [-0.2, -0.15) is 9.78 Å². The van der Waals surface area contributed by atoms with E-state index < -0.39 is 0 Å². The SMILES string of the molecule is CC[C@H](C)c1nc2ccc(Br)cc2c(=O)n1N=Cc1ccc(OCc2ccc(Cl)cc2)c(Cl)c1. The zero-order valence-electron chi connectivity index (χ0n) is 18.6. The average Bonchev–Trinajstić information content (AvgIpc) is 2.83. The van der Waals surface area contributed by atoms with Crippen LogP contribution in [0.1, 0.15) is 43.1 Å². The number of fused-ring (bicyclic) bond motifs is 1. The highest BCUT2D eigenvalue weighted by Crippen LogP contribution is 2.26. The highest BCUT2D eigenvalue weighted by Gasteiger charge is 2.15. The number of ether oxygens (including phenoxy) is 1. The molecule has 0 saturated heterocycles. The molecule has 0 unspecified atom stereocenters. The molecule has 174 valence electrons. The summed E-state index contributed by atoms with van der Waals surface area (Å²) in [5, 5.41) is 6.12. The van der Waals surface area contributed by atoms with Crippen molar-refractivity contribution in [1.29, 1.82) is 0 Å². The van der Waals surface area contributed by atoms with Crippen LogP contribution in [-0.4, -0.2) is 15.9 Å². The van der Waals surface area contributed by atoms with Crippen LogP contribution in [0.15, 0.2) is 75.0 Å². The maximum atomic E-state index is 13.2. The van der Waals surface area contributed by atoms with Gasteiger partial charge in [-0.15, -0.1) is 0 Å². The molecule has 34 heavy (non-hydrogen) atoms. The Balaban J connectivity index is 1.62. The third-order valence-corrected chi connectivity index (χ3v) is 6.51. The molecule has 0 spiro atoms. The molecule has 1 atom stereocenters. The van der Waals surface area contributed by atoms with Crippen molar-refractivity contribution in [2.75, 3.05) is 0 Å². The van der Waals surface area contributed by atoms with Crippen LogP contribution in [0.5, 0.6) is 5.75 Å². The number of aromatic nitrogens is 2. The summed E-state index contributed by atoms with van der Waals surface area (Å²) in [5.41, 5.74) is 2.16. The van der Waals surface area contributed by atoms with Gasteiger partial charge in [-0.05, 0) is 66.1 Å². The molecule has 1 heterocycles. The topological polar surface area (TPSA) is 56.5 Å². The second-order valence-electron chi connectivity index (χ2n) is 7.91. The summed E-state index contributed by atoms with van der Waals surface area (Å²) in [6.45, 7) is 4.46. The Kier molecular flexibility index (Phi) is 7.71. The van der Waals surface area contributed by atoms with E-state index in [0.717, 1.165) is 22.0 Å². The summed E-state index contributed by atoms with van der Waals surface area (Å²) in [6.07, 6.45) is 2.43. The summed E-state index contributed by atoms with van der Waals surface area (Å²) in [4.78, 5) is 18.0. The molecule has 0 radical (unpaired) electrons. The summed E-state index contributed by atoms with van der Waals surface area (Å²) in [6, 6.07) is 18.3. The smallest absolute Gasteiger partial charge is 0.282 e. The van der Waals surface area contributed by atoms with Gasteiger partial charge in [0.1, 0.15) is 18.2 Å². The lowest BCUT2D eigenvalue weighted by Crippen LogP contribution is -2.23. The van der Waals surface area contributed by atoms with Gasteiger partial charge in [-0.3, -0.25) is 4.79 Å². The Morgan fingerprint density at radius 2 is 1.88 bits per heavy atom. The molecule has 0 amide bonds. The van der Waals surface area contributed by atoms with E-state index in [1.165, 1.54) is 4.68 Å². The molecule has 0 bridgehead atoms. The van der Waals surface area contributed by atoms with E-state index in [1.54, 1.807) is 24.4 Å². The predicted octanol–water partition coefficient (Wildman–Crippen LogP) is 7.44. The predicted molar refractivity (Wildman–Crippen MR) is 143 cm³/mol. The van der Waals surface area contributed by atoms with Crippen LogP contribution in [0.25, 0.3) is 10.9 Å². The van der Waals surface area contributed by atoms with Crippen molar-refractivity contribution in [3.8, 4) is 5.75 Å². The Morgan fingerprint density at radius 3 is 2.59 bits per heavy atom. The first-order valence-corrected chi connectivity index (χ1v) is 12.3. The molecule has 0 aliphatic carbocycles. The van der Waals surface area contributed by atoms with Gasteiger partial charge in [0.2, 0.25) is 0 Å². The molecule has 1 aromatic heterocycles. The van der Waals surface area contributed by atoms with E-state index in [-0.39, 0.29) is 11.5 Å². The van der Waals surface area contributed by atoms with Gasteiger partial charge in [-0.25, -0.2) is 4.98 Å². The van der Waals surface area contributed by atoms with Gasteiger partial charge in [0.25, 0.3) is 5.56 Å². The van der Waals surface area contributed by atoms with Crippen LogP contribution in [0.4, 0.5) is 0 Å². The quantitative estimate of drug-likeness (QED) is 0.221. The highest BCUT2D eigenvalue weighted by atomic mass is 79.9. The Morgan fingerprint density at radius 1 is 1.12 bits per heavy atom. The average molecular weight is 559 g/mol. The van der Waals surface area contributed by atoms with Crippen LogP contribution in [0.2, 0.25) is 10.0 Å². The number of benzene rings is 3. The first-order chi connectivity index (χ1) is 16.4. The van der Waals surface area contributed by atoms with Crippen LogP contribution >= 0.6 is 39.1 Å². The highest BCUT2D eigenvalue weighted by molar-refractivity contribution is 9.10. The lowest BCUT2D eigenvalue weighted by atomic mass is 10.1. The van der Waals surface area contributed by atoms with Crippen molar-refractivity contribution in [1.82, 2.24) is 9.66 Å². The van der Waals surface area contributed by atoms with E-state index in [4.69, 9.17) is 32.9 Å². The minimum atomic E-state index is -0.216. The van der Waals surface area contributed by atoms with Crippen molar-refractivity contribution in [3.05, 3.63) is 102 Å². The third-order valence-electron chi connectivity index (χ3n) is 5.47. The number of hydrogen-bond acceptors (Lipinski definition) is 4. The molecule has 5 nitrogen and oxygen atoms in total. The minimum absolute atomic E-state index is 0.0603. The number of rotatable bonds is 7. The third kappa shape index (κ3) is 5.52. The molecule has 0 saturated carbocycles. The number of halogens is 3. The first kappa shape index (κ1) is 24.5. The lowest BCUT2D eigenvalue weighted by molar-refractivity contribution is 0.306. The Bertz CT molecular complexity index is 1420. The molecule has 3 aromatic carbocycles. The maximum absolute atomic E-state index is 13.2. The summed E-state index contributed by atoms with van der Waals surface area (Å²) >= 11 is 15.8. The minimum Gasteiger partial charge on any atom is -0.487 e. The van der Waals surface area contributed by atoms with Crippen molar-refractivity contribution in [3.63, 3.8) is 0 Å². The van der Waals surface area contributed by atoms with E-state index in [0.29, 0.717) is 39.1 Å². The zero-order valence-corrected chi connectivity index (χ0v) is 21.7. The van der Waals surface area contributed by atoms with Crippen molar-refractivity contribution >= 4 is 56.2 Å². The fraction of sp³-hybridized carbons (Fsp3) is 0.192. The molecule has 4 rings (SSSR count). The molecule has 0 N–H and O–H groups in total. The van der Waals surface area contributed by atoms with E-state index in [1.807, 2.05) is 49.4 Å². The van der Waals surface area contributed by atoms with E-state index in [2.05, 4.69) is 28.0 Å². The number of hydrogen-bond donors (Lipinski definition) is 0. The fourth-order valence-electron chi connectivity index (χ4n) is 3.36. The molecule has 0 fully saturated rings. The maximum Gasteiger partial charge on any atom is 0.282 e. The number of nitrogens with zero attached hydrogens (tertiary/aromatic N) is 3. The van der Waals surface area contributed by atoms with E-state index in [9.17, 15) is 4.79 Å². The van der Waals surface area contributed by atoms with Gasteiger partial charge < -0.3 is 4.74 Å². The van der Waals surface area contributed by atoms with Crippen molar-refractivity contribution in [2.45, 2.75) is 32.8 Å². The molecule has 0 aliphatic heterocycles. The van der Waals surface area contributed by atoms with Gasteiger partial charge in [0, 0.05) is 15.4 Å². The summed E-state index contributed by atoms with van der Waals surface area (Å²) in [7, 11) is 0. The van der Waals surface area contributed by atoms with Gasteiger partial charge in [0.15, 0.2) is 0 Å². The Hall–Kier alpha value is -2.67. The van der Waals surface area contributed by atoms with E-state index >= 15 is 0 Å². The second kappa shape index (κ2) is 10.7. The molecular weight excluding hydrogens is 537 g/mol. The largest absolute Gasteiger partial charge is 0.487 e. The van der Waals surface area contributed by atoms with Gasteiger partial charge in [-0.1, -0.05) is 65.1 Å². The summed E-state index contributed by atoms with van der Waals surface area (Å²) < 4.78 is 8.02. The van der Waals surface area contributed by atoms with Gasteiger partial charge >= 0.3 is 0 Å². The van der Waals surface area contributed by atoms with Crippen LogP contribution in [-0.2, 0) is 6.61 Å². The van der Waals surface area contributed by atoms with Crippen LogP contribution < -0.4 is 10.3 Å². The lowest BCUT2D eigenvalue weighted by Gasteiger charge is -2.14. The molecule has 8 heteroatoms. The summed E-state index contributed by atoms with van der Waals surface area (Å²) in [5.74, 6) is 1.24. The molecule has 4 aromatic rings. The van der Waals surface area contributed by atoms with Gasteiger partial charge in [0.05, 0.1) is 22.1 Å². The monoisotopic (exact) mass is 557 g/mol. The molecule has 0 aliphatic rings. The normalized spacial score (nSPS) is 12.4. The zero-order chi connectivity index (χ0) is 24.2. The fourth-order valence-corrected chi connectivity index (χ4v) is 4.09. The van der Waals surface area contributed by atoms with Crippen molar-refractivity contribution in [2.24, 2.45) is 5.10 Å². The standard InChI is InChI=1S/C26H22BrCl2N3O2/c1-3-16(2)25-31-23-10-7-19(27)13-21(23)26(33)32(25)30-14-18-6-11-24(22(29)12-18)34-15-17-4-8-20(28)9-5-17/h4-14,16H,3,15H2,1-2H3/t16-/m0/s1.